The fourth-order valence-electron chi connectivity index (χ4n) is 7.14. The minimum atomic E-state index is 0.505. The normalized spacial score (nSPS) is 21.7. The van der Waals surface area contributed by atoms with Gasteiger partial charge in [-0.25, -0.2) is 0 Å². The van der Waals surface area contributed by atoms with Crippen LogP contribution in [0.3, 0.4) is 0 Å². The molecule has 1 aliphatic carbocycles. The standard InChI is InChI=1S/C34H42N2O/c1-3-6-25-8-5-7-24(4-2)34(25)29-9-11-31(26-10-12-33-28(21-26)13-17-35-33)32-23-36(18-14-27(32)22-29)30-15-19-37-20-16-30/h5,7-8,10,12-13,17,21-22,29-30,35H,3-4,6,9,11,14-16,18-20,23H2,1-2H3. The molecule has 0 amide bonds. The first-order valence-corrected chi connectivity index (χ1v) is 14.7. The second-order valence-corrected chi connectivity index (χ2v) is 11.2. The lowest BCUT2D eigenvalue weighted by Crippen LogP contribution is -2.43. The number of benzene rings is 2. The van der Waals surface area contributed by atoms with Gasteiger partial charge in [-0.3, -0.25) is 4.90 Å². The highest BCUT2D eigenvalue weighted by atomic mass is 16.5. The molecule has 3 nitrogen and oxygen atoms in total. The van der Waals surface area contributed by atoms with Crippen LogP contribution in [0.5, 0.6) is 0 Å². The highest BCUT2D eigenvalue weighted by molar-refractivity contribution is 5.85. The van der Waals surface area contributed by atoms with E-state index in [0.717, 1.165) is 39.0 Å². The third-order valence-corrected chi connectivity index (χ3v) is 9.06. The van der Waals surface area contributed by atoms with E-state index in [1.807, 2.05) is 0 Å². The van der Waals surface area contributed by atoms with Crippen molar-refractivity contribution in [3.05, 3.63) is 88.1 Å². The molecular weight excluding hydrogens is 452 g/mol. The average Bonchev–Trinajstić information content (AvgIpc) is 3.33. The summed E-state index contributed by atoms with van der Waals surface area (Å²) in [7, 11) is 0. The van der Waals surface area contributed by atoms with Crippen molar-refractivity contribution >= 4 is 16.5 Å². The molecule has 0 spiro atoms. The molecule has 2 aliphatic heterocycles. The molecule has 2 saturated heterocycles. The Morgan fingerprint density at radius 2 is 1.81 bits per heavy atom. The van der Waals surface area contributed by atoms with Crippen molar-refractivity contribution in [3.63, 3.8) is 0 Å². The van der Waals surface area contributed by atoms with Gasteiger partial charge in [-0.1, -0.05) is 50.6 Å². The van der Waals surface area contributed by atoms with Gasteiger partial charge in [0.05, 0.1) is 0 Å². The maximum Gasteiger partial charge on any atom is 0.0480 e. The monoisotopic (exact) mass is 494 g/mol. The SMILES string of the molecule is CCCc1cccc(CC)c1C1C=C2CCN(C3CCOCC3)CC2=C(c2ccc3[nH]ccc3c2)CC1. The van der Waals surface area contributed by atoms with Gasteiger partial charge >= 0.3 is 0 Å². The Morgan fingerprint density at radius 3 is 2.65 bits per heavy atom. The molecule has 6 rings (SSSR count). The summed E-state index contributed by atoms with van der Waals surface area (Å²) in [4.78, 5) is 6.15. The van der Waals surface area contributed by atoms with E-state index in [9.17, 15) is 0 Å². The number of hydrogen-bond donors (Lipinski definition) is 1. The Hall–Kier alpha value is -2.62. The largest absolute Gasteiger partial charge is 0.381 e. The summed E-state index contributed by atoms with van der Waals surface area (Å²) < 4.78 is 5.70. The van der Waals surface area contributed by atoms with Crippen LogP contribution in [-0.4, -0.2) is 42.2 Å². The Labute approximate surface area is 222 Å². The Balaban J connectivity index is 1.41. The van der Waals surface area contributed by atoms with Gasteiger partial charge in [0.2, 0.25) is 0 Å². The molecule has 0 saturated carbocycles. The Bertz CT molecular complexity index is 1310. The van der Waals surface area contributed by atoms with E-state index in [0.29, 0.717) is 12.0 Å². The summed E-state index contributed by atoms with van der Waals surface area (Å²) in [5.74, 6) is 0.505. The molecule has 3 heterocycles. The fraction of sp³-hybridized carbons (Fsp3) is 0.471. The maximum absolute atomic E-state index is 5.70. The van der Waals surface area contributed by atoms with Gasteiger partial charge in [-0.15, -0.1) is 0 Å². The molecule has 2 aromatic carbocycles. The van der Waals surface area contributed by atoms with Gasteiger partial charge in [0, 0.05) is 50.0 Å². The molecule has 0 radical (unpaired) electrons. The fourth-order valence-corrected chi connectivity index (χ4v) is 7.14. The number of rotatable bonds is 6. The van der Waals surface area contributed by atoms with Crippen molar-refractivity contribution in [3.8, 4) is 0 Å². The van der Waals surface area contributed by atoms with E-state index in [4.69, 9.17) is 4.74 Å². The van der Waals surface area contributed by atoms with Crippen molar-refractivity contribution in [2.45, 2.75) is 77.2 Å². The summed E-state index contributed by atoms with van der Waals surface area (Å²) in [5, 5.41) is 1.32. The number of hydrogen-bond acceptors (Lipinski definition) is 2. The second-order valence-electron chi connectivity index (χ2n) is 11.2. The first-order valence-electron chi connectivity index (χ1n) is 14.7. The van der Waals surface area contributed by atoms with Crippen LogP contribution in [0.15, 0.2) is 65.9 Å². The van der Waals surface area contributed by atoms with Crippen molar-refractivity contribution < 1.29 is 4.74 Å². The second kappa shape index (κ2) is 11.0. The number of piperidine rings is 1. The quantitative estimate of drug-likeness (QED) is 0.378. The van der Waals surface area contributed by atoms with Crippen molar-refractivity contribution in [1.82, 2.24) is 9.88 Å². The molecule has 1 atom stereocenters. The van der Waals surface area contributed by atoms with Gasteiger partial charge in [-0.05, 0) is 108 Å². The van der Waals surface area contributed by atoms with Crippen LogP contribution in [0.2, 0.25) is 0 Å². The maximum atomic E-state index is 5.70. The third-order valence-electron chi connectivity index (χ3n) is 9.06. The molecular formula is C34H42N2O. The summed E-state index contributed by atoms with van der Waals surface area (Å²) in [5.41, 5.74) is 12.2. The lowest BCUT2D eigenvalue weighted by Gasteiger charge is -2.39. The number of aromatic nitrogens is 1. The van der Waals surface area contributed by atoms with Crippen LogP contribution >= 0.6 is 0 Å². The first-order chi connectivity index (χ1) is 18.2. The van der Waals surface area contributed by atoms with Crippen molar-refractivity contribution in [2.24, 2.45) is 0 Å². The predicted octanol–water partition coefficient (Wildman–Crippen LogP) is 7.83. The lowest BCUT2D eigenvalue weighted by atomic mass is 9.83. The summed E-state index contributed by atoms with van der Waals surface area (Å²) >= 11 is 0. The predicted molar refractivity (Wildman–Crippen MR) is 155 cm³/mol. The highest BCUT2D eigenvalue weighted by Gasteiger charge is 2.31. The smallest absolute Gasteiger partial charge is 0.0480 e. The van der Waals surface area contributed by atoms with Crippen LogP contribution in [0.4, 0.5) is 0 Å². The molecule has 0 bridgehead atoms. The number of likely N-dealkylation sites (tertiary alicyclic amines) is 1. The number of nitrogens with one attached hydrogen (secondary N) is 1. The van der Waals surface area contributed by atoms with E-state index in [1.165, 1.54) is 55.1 Å². The number of ether oxygens (including phenoxy) is 1. The third kappa shape index (κ3) is 4.96. The number of aromatic amines is 1. The molecule has 1 unspecified atom stereocenters. The molecule has 1 aromatic heterocycles. The van der Waals surface area contributed by atoms with E-state index in [-0.39, 0.29) is 0 Å². The molecule has 37 heavy (non-hydrogen) atoms. The number of aryl methyl sites for hydroxylation is 2. The van der Waals surface area contributed by atoms with E-state index < -0.39 is 0 Å². The first kappa shape index (κ1) is 24.7. The number of fused-ring (bicyclic) bond motifs is 2. The summed E-state index contributed by atoms with van der Waals surface area (Å²) in [6.07, 6.45) is 14.1. The average molecular weight is 495 g/mol. The van der Waals surface area contributed by atoms with Crippen molar-refractivity contribution in [1.29, 1.82) is 0 Å². The van der Waals surface area contributed by atoms with E-state index in [2.05, 4.69) is 78.5 Å². The zero-order chi connectivity index (χ0) is 25.2. The van der Waals surface area contributed by atoms with E-state index in [1.54, 1.807) is 33.4 Å². The Morgan fingerprint density at radius 1 is 0.946 bits per heavy atom. The molecule has 1 N–H and O–H groups in total. The molecule has 3 aliphatic rings. The highest BCUT2D eigenvalue weighted by Crippen LogP contribution is 2.43. The van der Waals surface area contributed by atoms with Gasteiger partial charge in [0.1, 0.15) is 0 Å². The van der Waals surface area contributed by atoms with Crippen LogP contribution in [0.1, 0.15) is 80.5 Å². The van der Waals surface area contributed by atoms with Gasteiger partial charge in [-0.2, -0.15) is 0 Å². The Kier molecular flexibility index (Phi) is 7.35. The van der Waals surface area contributed by atoms with E-state index >= 15 is 0 Å². The zero-order valence-corrected chi connectivity index (χ0v) is 22.7. The molecule has 194 valence electrons. The lowest BCUT2D eigenvalue weighted by molar-refractivity contribution is 0.0357. The van der Waals surface area contributed by atoms with Gasteiger partial charge in [0.15, 0.2) is 0 Å². The van der Waals surface area contributed by atoms with Crippen LogP contribution in [0.25, 0.3) is 16.5 Å². The summed E-state index contributed by atoms with van der Waals surface area (Å²) in [6, 6.07) is 17.0. The van der Waals surface area contributed by atoms with Crippen LogP contribution < -0.4 is 0 Å². The topological polar surface area (TPSA) is 28.3 Å². The summed E-state index contributed by atoms with van der Waals surface area (Å²) in [6.45, 7) is 8.72. The zero-order valence-electron chi connectivity index (χ0n) is 22.7. The minimum absolute atomic E-state index is 0.505. The molecule has 3 heteroatoms. The van der Waals surface area contributed by atoms with Crippen LogP contribution in [-0.2, 0) is 17.6 Å². The molecule has 2 fully saturated rings. The number of allylic oxidation sites excluding steroid dienone is 2. The molecule has 3 aromatic rings. The number of nitrogens with zero attached hydrogens (tertiary/aromatic N) is 1. The van der Waals surface area contributed by atoms with Crippen molar-refractivity contribution in [2.75, 3.05) is 26.3 Å². The minimum Gasteiger partial charge on any atom is -0.381 e. The van der Waals surface area contributed by atoms with Gasteiger partial charge in [0.25, 0.3) is 0 Å². The van der Waals surface area contributed by atoms with Crippen LogP contribution in [0, 0.1) is 0 Å². The number of H-pyrrole nitrogens is 1. The van der Waals surface area contributed by atoms with Gasteiger partial charge < -0.3 is 9.72 Å².